The first-order chi connectivity index (χ1) is 12.8. The molecule has 0 saturated heterocycles. The molecule has 0 aromatic heterocycles. The topological polar surface area (TPSA) is 44.5 Å². The van der Waals surface area contributed by atoms with Crippen molar-refractivity contribution < 1.29 is 22.6 Å². The van der Waals surface area contributed by atoms with Crippen LogP contribution in [0, 0.1) is 19.0 Å². The molecular formula is C21H22F3NO2. The maximum atomic E-state index is 12.3. The lowest BCUT2D eigenvalue weighted by molar-refractivity contribution is -0.274. The van der Waals surface area contributed by atoms with Crippen LogP contribution < -0.4 is 15.2 Å². The summed E-state index contributed by atoms with van der Waals surface area (Å²) in [5, 5.41) is 0. The van der Waals surface area contributed by atoms with Crippen LogP contribution in [0.2, 0.25) is 0 Å². The van der Waals surface area contributed by atoms with Crippen molar-refractivity contribution in [2.75, 3.05) is 5.73 Å². The minimum absolute atomic E-state index is 0.294. The third-order valence-electron chi connectivity index (χ3n) is 3.46. The fraction of sp³-hybridized carbons (Fsp3) is 0.238. The van der Waals surface area contributed by atoms with Gasteiger partial charge in [0.1, 0.15) is 11.9 Å². The highest BCUT2D eigenvalue weighted by molar-refractivity contribution is 5.82. The molecule has 0 aliphatic carbocycles. The van der Waals surface area contributed by atoms with Gasteiger partial charge in [0, 0.05) is 23.7 Å². The van der Waals surface area contributed by atoms with E-state index < -0.39 is 6.36 Å². The molecule has 0 saturated carbocycles. The molecule has 0 radical (unpaired) electrons. The largest absolute Gasteiger partial charge is 0.573 e. The second-order valence-electron chi connectivity index (χ2n) is 5.11. The molecule has 0 heterocycles. The SMILES string of the molecule is C=Cc1c(N)cc(-c2ccc(OC(F)(F)F)cc2)c(C)c1OC#CC.CC. The van der Waals surface area contributed by atoms with E-state index in [1.54, 1.807) is 19.1 Å². The van der Waals surface area contributed by atoms with Crippen molar-refractivity contribution in [3.8, 4) is 34.7 Å². The Morgan fingerprint density at radius 1 is 1.15 bits per heavy atom. The minimum atomic E-state index is -4.73. The van der Waals surface area contributed by atoms with E-state index in [2.05, 4.69) is 23.3 Å². The van der Waals surface area contributed by atoms with Crippen LogP contribution in [0.3, 0.4) is 0 Å². The summed E-state index contributed by atoms with van der Waals surface area (Å²) >= 11 is 0. The highest BCUT2D eigenvalue weighted by atomic mass is 19.4. The molecule has 27 heavy (non-hydrogen) atoms. The first-order valence-electron chi connectivity index (χ1n) is 8.27. The summed E-state index contributed by atoms with van der Waals surface area (Å²) in [5.74, 6) is 2.81. The van der Waals surface area contributed by atoms with Gasteiger partial charge in [0.25, 0.3) is 0 Å². The van der Waals surface area contributed by atoms with E-state index in [1.807, 2.05) is 20.8 Å². The first-order valence-corrected chi connectivity index (χ1v) is 8.27. The zero-order valence-corrected chi connectivity index (χ0v) is 15.7. The van der Waals surface area contributed by atoms with Gasteiger partial charge in [0.15, 0.2) is 5.75 Å². The summed E-state index contributed by atoms with van der Waals surface area (Å²) in [6.07, 6.45) is -0.638. The molecule has 0 spiro atoms. The number of rotatable bonds is 4. The zero-order valence-electron chi connectivity index (χ0n) is 15.7. The second kappa shape index (κ2) is 9.58. The van der Waals surface area contributed by atoms with Crippen molar-refractivity contribution >= 4 is 11.8 Å². The van der Waals surface area contributed by atoms with Crippen LogP contribution in [0.15, 0.2) is 36.9 Å². The van der Waals surface area contributed by atoms with Gasteiger partial charge in [-0.2, -0.15) is 0 Å². The quantitative estimate of drug-likeness (QED) is 0.512. The zero-order chi connectivity index (χ0) is 20.6. The van der Waals surface area contributed by atoms with E-state index in [-0.39, 0.29) is 5.75 Å². The van der Waals surface area contributed by atoms with Crippen molar-refractivity contribution in [3.63, 3.8) is 0 Å². The summed E-state index contributed by atoms with van der Waals surface area (Å²) in [5.41, 5.74) is 9.23. The van der Waals surface area contributed by atoms with Crippen LogP contribution in [-0.4, -0.2) is 6.36 Å². The number of anilines is 1. The Bertz CT molecular complexity index is 845. The lowest BCUT2D eigenvalue weighted by atomic mass is 9.95. The fourth-order valence-corrected chi connectivity index (χ4v) is 2.38. The Morgan fingerprint density at radius 2 is 1.74 bits per heavy atom. The van der Waals surface area contributed by atoms with Crippen LogP contribution in [-0.2, 0) is 0 Å². The standard InChI is InChI=1S/C19H16F3NO2.C2H6/c1-4-10-24-18-12(3)16(11-17(23)15(18)5-2)13-6-8-14(9-7-13)25-19(20,21)22;1-2/h5-9,11H,2,23H2,1,3H3;1-2H3. The van der Waals surface area contributed by atoms with E-state index in [4.69, 9.17) is 10.5 Å². The molecule has 144 valence electrons. The normalized spacial score (nSPS) is 10.0. The van der Waals surface area contributed by atoms with Gasteiger partial charge in [0.05, 0.1) is 0 Å². The lowest BCUT2D eigenvalue weighted by Crippen LogP contribution is -2.16. The molecule has 6 heteroatoms. The molecule has 2 aromatic carbocycles. The van der Waals surface area contributed by atoms with Gasteiger partial charge < -0.3 is 15.2 Å². The summed E-state index contributed by atoms with van der Waals surface area (Å²) in [6.45, 7) is 11.2. The van der Waals surface area contributed by atoms with Crippen molar-refractivity contribution in [2.45, 2.75) is 34.1 Å². The predicted molar refractivity (Wildman–Crippen MR) is 103 cm³/mol. The fourth-order valence-electron chi connectivity index (χ4n) is 2.38. The van der Waals surface area contributed by atoms with Crippen molar-refractivity contribution in [1.29, 1.82) is 0 Å². The van der Waals surface area contributed by atoms with Crippen LogP contribution in [0.4, 0.5) is 18.9 Å². The van der Waals surface area contributed by atoms with E-state index >= 15 is 0 Å². The molecule has 0 fully saturated rings. The average molecular weight is 377 g/mol. The lowest BCUT2D eigenvalue weighted by Gasteiger charge is -2.16. The van der Waals surface area contributed by atoms with Gasteiger partial charge in [-0.3, -0.25) is 0 Å². The molecule has 0 aliphatic heterocycles. The molecule has 3 nitrogen and oxygen atoms in total. The molecular weight excluding hydrogens is 355 g/mol. The number of nitrogen functional groups attached to an aromatic ring is 1. The van der Waals surface area contributed by atoms with Gasteiger partial charge in [-0.05, 0) is 36.2 Å². The second-order valence-corrected chi connectivity index (χ2v) is 5.11. The van der Waals surface area contributed by atoms with Crippen LogP contribution in [0.5, 0.6) is 11.5 Å². The van der Waals surface area contributed by atoms with Crippen LogP contribution >= 0.6 is 0 Å². The molecule has 2 aromatic rings. The van der Waals surface area contributed by atoms with Crippen molar-refractivity contribution in [3.05, 3.63) is 48.0 Å². The number of benzene rings is 2. The number of nitrogens with two attached hydrogens (primary N) is 1. The van der Waals surface area contributed by atoms with E-state index in [1.165, 1.54) is 24.3 Å². The maximum absolute atomic E-state index is 12.3. The monoisotopic (exact) mass is 377 g/mol. The van der Waals surface area contributed by atoms with Gasteiger partial charge >= 0.3 is 6.36 Å². The van der Waals surface area contributed by atoms with Gasteiger partial charge in [-0.15, -0.1) is 13.2 Å². The number of ether oxygens (including phenoxy) is 2. The molecule has 0 unspecified atom stereocenters. The van der Waals surface area contributed by atoms with Gasteiger partial charge in [-0.25, -0.2) is 0 Å². The summed E-state index contributed by atoms with van der Waals surface area (Å²) in [7, 11) is 0. The Labute approximate surface area is 157 Å². The smallest absolute Gasteiger partial charge is 0.407 e. The van der Waals surface area contributed by atoms with Gasteiger partial charge in [-0.1, -0.05) is 44.6 Å². The third-order valence-corrected chi connectivity index (χ3v) is 3.46. The van der Waals surface area contributed by atoms with Crippen LogP contribution in [0.1, 0.15) is 31.9 Å². The van der Waals surface area contributed by atoms with E-state index in [9.17, 15) is 13.2 Å². The Kier molecular flexibility index (Phi) is 7.79. The van der Waals surface area contributed by atoms with Gasteiger partial charge in [0.2, 0.25) is 0 Å². The van der Waals surface area contributed by atoms with Crippen molar-refractivity contribution in [2.24, 2.45) is 0 Å². The molecule has 0 atom stereocenters. The summed E-state index contributed by atoms with van der Waals surface area (Å²) < 4.78 is 46.1. The molecule has 0 aliphatic rings. The number of halogens is 3. The third kappa shape index (κ3) is 5.71. The molecule has 0 amide bonds. The van der Waals surface area contributed by atoms with Crippen LogP contribution in [0.25, 0.3) is 17.2 Å². The van der Waals surface area contributed by atoms with E-state index in [0.29, 0.717) is 22.6 Å². The number of alkyl halides is 3. The molecule has 2 rings (SSSR count). The first kappa shape index (κ1) is 22.0. The Morgan fingerprint density at radius 3 is 2.22 bits per heavy atom. The summed E-state index contributed by atoms with van der Waals surface area (Å²) in [6, 6.07) is 7.24. The van der Waals surface area contributed by atoms with E-state index in [0.717, 1.165) is 11.1 Å². The number of hydrogen-bond acceptors (Lipinski definition) is 3. The predicted octanol–water partition coefficient (Wildman–Crippen LogP) is 6.17. The molecule has 0 bridgehead atoms. The average Bonchev–Trinajstić information content (AvgIpc) is 2.63. The Balaban J connectivity index is 0.00000176. The minimum Gasteiger partial charge on any atom is -0.407 e. The number of hydrogen-bond donors (Lipinski definition) is 1. The molecule has 2 N–H and O–H groups in total. The Hall–Kier alpha value is -3.07. The highest BCUT2D eigenvalue weighted by Gasteiger charge is 2.31. The summed E-state index contributed by atoms with van der Waals surface area (Å²) in [4.78, 5) is 0. The highest BCUT2D eigenvalue weighted by Crippen LogP contribution is 2.38. The van der Waals surface area contributed by atoms with Crippen molar-refractivity contribution in [1.82, 2.24) is 0 Å². The maximum Gasteiger partial charge on any atom is 0.573 e.